The van der Waals surface area contributed by atoms with E-state index >= 15 is 0 Å². The van der Waals surface area contributed by atoms with Crippen molar-refractivity contribution in [1.29, 1.82) is 0 Å². The minimum atomic E-state index is -0.0536. The van der Waals surface area contributed by atoms with Gasteiger partial charge in [0.05, 0.1) is 12.8 Å². The Morgan fingerprint density at radius 2 is 2.00 bits per heavy atom. The minimum Gasteiger partial charge on any atom is -0.495 e. The van der Waals surface area contributed by atoms with E-state index in [1.807, 2.05) is 43.3 Å². The van der Waals surface area contributed by atoms with Crippen LogP contribution < -0.4 is 24.8 Å². The highest BCUT2D eigenvalue weighted by Gasteiger charge is 2.13. The average Bonchev–Trinajstić information content (AvgIpc) is 3.07. The predicted molar refractivity (Wildman–Crippen MR) is 95.2 cm³/mol. The summed E-state index contributed by atoms with van der Waals surface area (Å²) in [4.78, 5) is 12.1. The highest BCUT2D eigenvalue weighted by molar-refractivity contribution is 5.92. The molecule has 0 aliphatic carbocycles. The summed E-state index contributed by atoms with van der Waals surface area (Å²) in [5, 5.41) is 6.16. The molecule has 2 aromatic rings. The molecule has 0 saturated carbocycles. The topological polar surface area (TPSA) is 68.8 Å². The molecule has 6 heteroatoms. The van der Waals surface area contributed by atoms with Crippen molar-refractivity contribution in [2.45, 2.75) is 19.9 Å². The zero-order valence-corrected chi connectivity index (χ0v) is 14.4. The minimum absolute atomic E-state index is 0.0536. The second kappa shape index (κ2) is 7.90. The van der Waals surface area contributed by atoms with Crippen molar-refractivity contribution in [3.05, 3.63) is 47.5 Å². The molecule has 25 heavy (non-hydrogen) atoms. The number of carbonyl (C=O) groups excluding carboxylic acids is 1. The molecule has 1 aliphatic heterocycles. The van der Waals surface area contributed by atoms with Crippen molar-refractivity contribution in [1.82, 2.24) is 5.32 Å². The molecule has 2 aromatic carbocycles. The first-order valence-corrected chi connectivity index (χ1v) is 8.19. The van der Waals surface area contributed by atoms with Gasteiger partial charge in [-0.15, -0.1) is 0 Å². The van der Waals surface area contributed by atoms with Gasteiger partial charge in [-0.25, -0.2) is 0 Å². The summed E-state index contributed by atoms with van der Waals surface area (Å²) in [6.45, 7) is 3.49. The molecule has 1 amide bonds. The van der Waals surface area contributed by atoms with Crippen LogP contribution in [0, 0.1) is 6.92 Å². The molecule has 0 unspecified atom stereocenters. The SMILES string of the molecule is COc1ccc(C)cc1NC(=O)CCNCc1ccc2c(c1)OCO2. The van der Waals surface area contributed by atoms with Gasteiger partial charge in [-0.3, -0.25) is 4.79 Å². The van der Waals surface area contributed by atoms with Crippen molar-refractivity contribution in [2.24, 2.45) is 0 Å². The number of aryl methyl sites for hydroxylation is 1. The number of hydrogen-bond acceptors (Lipinski definition) is 5. The van der Waals surface area contributed by atoms with E-state index in [-0.39, 0.29) is 12.7 Å². The van der Waals surface area contributed by atoms with Crippen LogP contribution in [0.3, 0.4) is 0 Å². The Morgan fingerprint density at radius 3 is 2.84 bits per heavy atom. The molecule has 0 saturated heterocycles. The number of amides is 1. The first-order chi connectivity index (χ1) is 12.2. The average molecular weight is 342 g/mol. The molecule has 3 rings (SSSR count). The first kappa shape index (κ1) is 17.1. The van der Waals surface area contributed by atoms with Crippen molar-refractivity contribution in [2.75, 3.05) is 25.8 Å². The van der Waals surface area contributed by atoms with Crippen molar-refractivity contribution >= 4 is 11.6 Å². The fourth-order valence-corrected chi connectivity index (χ4v) is 2.62. The van der Waals surface area contributed by atoms with Crippen LogP contribution in [-0.4, -0.2) is 26.4 Å². The summed E-state index contributed by atoms with van der Waals surface area (Å²) in [7, 11) is 1.59. The van der Waals surface area contributed by atoms with Gasteiger partial charge in [0.1, 0.15) is 5.75 Å². The highest BCUT2D eigenvalue weighted by Crippen LogP contribution is 2.32. The Morgan fingerprint density at radius 1 is 1.16 bits per heavy atom. The van der Waals surface area contributed by atoms with Crippen molar-refractivity contribution in [3.63, 3.8) is 0 Å². The summed E-state index contributed by atoms with van der Waals surface area (Å²) in [5.74, 6) is 2.15. The van der Waals surface area contributed by atoms with Gasteiger partial charge >= 0.3 is 0 Å². The van der Waals surface area contributed by atoms with E-state index < -0.39 is 0 Å². The van der Waals surface area contributed by atoms with E-state index in [4.69, 9.17) is 14.2 Å². The van der Waals surface area contributed by atoms with Gasteiger partial charge in [0.15, 0.2) is 11.5 Å². The molecule has 1 heterocycles. The molecule has 0 radical (unpaired) electrons. The second-order valence-electron chi connectivity index (χ2n) is 5.87. The fraction of sp³-hybridized carbons (Fsp3) is 0.316. The van der Waals surface area contributed by atoms with Crippen LogP contribution in [0.4, 0.5) is 5.69 Å². The van der Waals surface area contributed by atoms with Gasteiger partial charge in [0.2, 0.25) is 12.7 Å². The fourth-order valence-electron chi connectivity index (χ4n) is 2.62. The van der Waals surface area contributed by atoms with Gasteiger partial charge in [-0.1, -0.05) is 12.1 Å². The van der Waals surface area contributed by atoms with Gasteiger partial charge in [-0.2, -0.15) is 0 Å². The first-order valence-electron chi connectivity index (χ1n) is 8.19. The summed E-state index contributed by atoms with van der Waals surface area (Å²) < 4.78 is 15.9. The molecule has 0 fully saturated rings. The zero-order chi connectivity index (χ0) is 17.6. The third kappa shape index (κ3) is 4.42. The standard InChI is InChI=1S/C19H22N2O4/c1-13-3-5-16(23-2)15(9-13)21-19(22)7-8-20-11-14-4-6-17-18(10-14)25-12-24-17/h3-6,9-10,20H,7-8,11-12H2,1-2H3,(H,21,22). The number of nitrogens with one attached hydrogen (secondary N) is 2. The molecule has 0 aromatic heterocycles. The van der Waals surface area contributed by atoms with Crippen LogP contribution in [0.2, 0.25) is 0 Å². The smallest absolute Gasteiger partial charge is 0.231 e. The molecule has 6 nitrogen and oxygen atoms in total. The number of carbonyl (C=O) groups is 1. The molecule has 0 spiro atoms. The summed E-state index contributed by atoms with van der Waals surface area (Å²) in [5.41, 5.74) is 2.85. The molecule has 132 valence electrons. The van der Waals surface area contributed by atoms with Gasteiger partial charge < -0.3 is 24.8 Å². The van der Waals surface area contributed by atoms with Crippen molar-refractivity contribution < 1.29 is 19.0 Å². The Kier molecular flexibility index (Phi) is 5.40. The highest BCUT2D eigenvalue weighted by atomic mass is 16.7. The van der Waals surface area contributed by atoms with Crippen LogP contribution in [0.25, 0.3) is 0 Å². The molecule has 0 atom stereocenters. The molecule has 0 bridgehead atoms. The van der Waals surface area contributed by atoms with Gasteiger partial charge in [0.25, 0.3) is 0 Å². The van der Waals surface area contributed by atoms with E-state index in [9.17, 15) is 4.79 Å². The summed E-state index contributed by atoms with van der Waals surface area (Å²) >= 11 is 0. The van der Waals surface area contributed by atoms with E-state index in [2.05, 4.69) is 10.6 Å². The lowest BCUT2D eigenvalue weighted by molar-refractivity contribution is -0.116. The number of fused-ring (bicyclic) bond motifs is 1. The predicted octanol–water partition coefficient (Wildman–Crippen LogP) is 2.85. The van der Waals surface area contributed by atoms with Crippen LogP contribution in [0.15, 0.2) is 36.4 Å². The van der Waals surface area contributed by atoms with Crippen molar-refractivity contribution in [3.8, 4) is 17.2 Å². The van der Waals surface area contributed by atoms with Gasteiger partial charge in [-0.05, 0) is 42.3 Å². The Hall–Kier alpha value is -2.73. The van der Waals surface area contributed by atoms with Gasteiger partial charge in [0, 0.05) is 19.5 Å². The number of rotatable bonds is 7. The monoisotopic (exact) mass is 342 g/mol. The maximum absolute atomic E-state index is 12.1. The van der Waals surface area contributed by atoms with Crippen LogP contribution in [-0.2, 0) is 11.3 Å². The maximum atomic E-state index is 12.1. The largest absolute Gasteiger partial charge is 0.495 e. The van der Waals surface area contributed by atoms with E-state index in [0.717, 1.165) is 22.6 Å². The quantitative estimate of drug-likeness (QED) is 0.757. The number of methoxy groups -OCH3 is 1. The number of benzene rings is 2. The Labute approximate surface area is 147 Å². The Bertz CT molecular complexity index is 761. The third-order valence-electron chi connectivity index (χ3n) is 3.92. The molecular weight excluding hydrogens is 320 g/mol. The van der Waals surface area contributed by atoms with E-state index in [0.29, 0.717) is 30.9 Å². The lowest BCUT2D eigenvalue weighted by atomic mass is 10.2. The normalized spacial score (nSPS) is 12.1. The Balaban J connectivity index is 1.44. The maximum Gasteiger partial charge on any atom is 0.231 e. The summed E-state index contributed by atoms with van der Waals surface area (Å²) in [6, 6.07) is 11.5. The van der Waals surface area contributed by atoms with E-state index in [1.54, 1.807) is 7.11 Å². The lowest BCUT2D eigenvalue weighted by Gasteiger charge is -2.11. The van der Waals surface area contributed by atoms with Crippen LogP contribution >= 0.6 is 0 Å². The number of hydrogen-bond donors (Lipinski definition) is 2. The van der Waals surface area contributed by atoms with Crippen LogP contribution in [0.5, 0.6) is 17.2 Å². The third-order valence-corrected chi connectivity index (χ3v) is 3.92. The van der Waals surface area contributed by atoms with E-state index in [1.165, 1.54) is 0 Å². The number of anilines is 1. The molecule has 1 aliphatic rings. The second-order valence-corrected chi connectivity index (χ2v) is 5.87. The molecule has 2 N–H and O–H groups in total. The number of ether oxygens (including phenoxy) is 3. The molecular formula is C19H22N2O4. The lowest BCUT2D eigenvalue weighted by Crippen LogP contribution is -2.21. The zero-order valence-electron chi connectivity index (χ0n) is 14.4. The van der Waals surface area contributed by atoms with Crippen LogP contribution in [0.1, 0.15) is 17.5 Å². The summed E-state index contributed by atoms with van der Waals surface area (Å²) in [6.07, 6.45) is 0.377.